The molecule has 1 nitrogen and oxygen atoms in total. The summed E-state index contributed by atoms with van der Waals surface area (Å²) < 4.78 is 6.81. The second-order valence-corrected chi connectivity index (χ2v) is 12.6. The Hall–Kier alpha value is -3.88. The molecule has 0 saturated heterocycles. The maximum atomic E-state index is 6.81. The zero-order valence-corrected chi connectivity index (χ0v) is 19.2. The average Bonchev–Trinajstić information content (AvgIpc) is 3.27. The molecule has 5 aromatic rings. The summed E-state index contributed by atoms with van der Waals surface area (Å²) in [4.78, 5) is 0. The second-order valence-electron chi connectivity index (χ2n) is 8.89. The van der Waals surface area contributed by atoms with Crippen LogP contribution in [0.3, 0.4) is 0 Å². The lowest BCUT2D eigenvalue weighted by Gasteiger charge is -2.40. The molecule has 1 aliphatic carbocycles. The molecule has 1 heterocycles. The van der Waals surface area contributed by atoms with Gasteiger partial charge in [-0.15, -0.1) is 0 Å². The quantitative estimate of drug-likeness (QED) is 0.354. The first-order valence-electron chi connectivity index (χ1n) is 11.5. The Labute approximate surface area is 195 Å². The van der Waals surface area contributed by atoms with Gasteiger partial charge in [0, 0.05) is 5.56 Å². The topological polar surface area (TPSA) is 9.23 Å². The Bertz CT molecular complexity index is 1470. The lowest BCUT2D eigenvalue weighted by Crippen LogP contribution is -2.76. The Balaban J connectivity index is 1.65. The van der Waals surface area contributed by atoms with E-state index in [-0.39, 0.29) is 0 Å². The number of ether oxygens (including phenoxy) is 1. The molecule has 33 heavy (non-hydrogen) atoms. The van der Waals surface area contributed by atoms with E-state index in [0.717, 1.165) is 17.9 Å². The van der Waals surface area contributed by atoms with Gasteiger partial charge in [0.05, 0.1) is 0 Å². The van der Waals surface area contributed by atoms with E-state index in [1.54, 1.807) is 0 Å². The first kappa shape index (κ1) is 18.7. The fourth-order valence-electron chi connectivity index (χ4n) is 5.88. The van der Waals surface area contributed by atoms with Gasteiger partial charge in [0.2, 0.25) is 0 Å². The van der Waals surface area contributed by atoms with Crippen LogP contribution in [0, 0.1) is 0 Å². The fourth-order valence-corrected chi connectivity index (χ4v) is 10.8. The highest BCUT2D eigenvalue weighted by Crippen LogP contribution is 2.45. The van der Waals surface area contributed by atoms with Crippen molar-refractivity contribution in [3.63, 3.8) is 0 Å². The van der Waals surface area contributed by atoms with Crippen molar-refractivity contribution in [2.24, 2.45) is 0 Å². The van der Waals surface area contributed by atoms with Gasteiger partial charge in [-0.3, -0.25) is 0 Å². The average molecular weight is 439 g/mol. The maximum absolute atomic E-state index is 6.81. The van der Waals surface area contributed by atoms with Gasteiger partial charge in [0.1, 0.15) is 11.5 Å². The van der Waals surface area contributed by atoms with E-state index in [9.17, 15) is 0 Å². The van der Waals surface area contributed by atoms with E-state index >= 15 is 0 Å². The molecule has 0 bridgehead atoms. The zero-order chi connectivity index (χ0) is 21.8. The first-order valence-corrected chi connectivity index (χ1v) is 13.5. The van der Waals surface area contributed by atoms with Crippen molar-refractivity contribution < 1.29 is 4.74 Å². The van der Waals surface area contributed by atoms with Crippen LogP contribution in [0.25, 0.3) is 11.1 Å². The van der Waals surface area contributed by atoms with Gasteiger partial charge in [-0.05, 0) is 49.9 Å². The van der Waals surface area contributed by atoms with Crippen molar-refractivity contribution in [2.45, 2.75) is 6.42 Å². The standard InChI is InChI=1S/C31H22OSi/c1-3-12-24(13-4-1)33(25-14-5-2-6-15-25)28-18-10-9-17-27(28)32-31-29(33)20-19-23-21-22-11-7-8-16-26(22)30(23)31/h1-20H,21H2. The number of hydrogen-bond donors (Lipinski definition) is 0. The van der Waals surface area contributed by atoms with Gasteiger partial charge in [0.25, 0.3) is 0 Å². The molecule has 0 spiro atoms. The predicted octanol–water partition coefficient (Wildman–Crippen LogP) is 4.74. The van der Waals surface area contributed by atoms with Crippen molar-refractivity contribution in [2.75, 3.05) is 0 Å². The molecule has 0 N–H and O–H groups in total. The summed E-state index contributed by atoms with van der Waals surface area (Å²) in [6.45, 7) is 0. The third-order valence-corrected chi connectivity index (χ3v) is 12.1. The van der Waals surface area contributed by atoms with E-state index in [2.05, 4.69) is 121 Å². The molecule has 2 heteroatoms. The van der Waals surface area contributed by atoms with Crippen LogP contribution < -0.4 is 25.5 Å². The van der Waals surface area contributed by atoms with Crippen LogP contribution in [0.5, 0.6) is 11.5 Å². The predicted molar refractivity (Wildman–Crippen MR) is 138 cm³/mol. The van der Waals surface area contributed by atoms with Crippen molar-refractivity contribution in [1.29, 1.82) is 0 Å². The largest absolute Gasteiger partial charge is 0.457 e. The second kappa shape index (κ2) is 7.06. The molecule has 0 atom stereocenters. The Morgan fingerprint density at radius 1 is 0.515 bits per heavy atom. The summed E-state index contributed by atoms with van der Waals surface area (Å²) in [7, 11) is -2.57. The van der Waals surface area contributed by atoms with E-state index in [4.69, 9.17) is 4.74 Å². The van der Waals surface area contributed by atoms with Crippen LogP contribution in [0.2, 0.25) is 0 Å². The van der Waals surface area contributed by atoms with Crippen molar-refractivity contribution in [3.8, 4) is 22.6 Å². The summed E-state index contributed by atoms with van der Waals surface area (Å²) in [5.41, 5.74) is 5.34. The third kappa shape index (κ3) is 2.53. The molecular weight excluding hydrogens is 416 g/mol. The molecule has 0 unspecified atom stereocenters. The number of hydrogen-bond acceptors (Lipinski definition) is 1. The molecule has 0 amide bonds. The third-order valence-electron chi connectivity index (χ3n) is 7.23. The van der Waals surface area contributed by atoms with Gasteiger partial charge in [-0.2, -0.15) is 0 Å². The van der Waals surface area contributed by atoms with E-state index in [1.807, 2.05) is 0 Å². The molecule has 156 valence electrons. The minimum atomic E-state index is -2.57. The van der Waals surface area contributed by atoms with Gasteiger partial charge < -0.3 is 4.74 Å². The molecule has 0 aromatic heterocycles. The Morgan fingerprint density at radius 2 is 1.15 bits per heavy atom. The number of rotatable bonds is 2. The van der Waals surface area contributed by atoms with Crippen LogP contribution in [-0.4, -0.2) is 8.07 Å². The van der Waals surface area contributed by atoms with Gasteiger partial charge in [-0.1, -0.05) is 115 Å². The monoisotopic (exact) mass is 438 g/mol. The minimum absolute atomic E-state index is 0.967. The van der Waals surface area contributed by atoms with Crippen LogP contribution in [0.1, 0.15) is 11.1 Å². The lowest BCUT2D eigenvalue weighted by atomic mass is 10.0. The smallest absolute Gasteiger partial charge is 0.188 e. The molecule has 5 aromatic carbocycles. The van der Waals surface area contributed by atoms with E-state index in [0.29, 0.717) is 0 Å². The lowest BCUT2D eigenvalue weighted by molar-refractivity contribution is 0.488. The molecule has 0 fully saturated rings. The van der Waals surface area contributed by atoms with Crippen LogP contribution in [-0.2, 0) is 6.42 Å². The van der Waals surface area contributed by atoms with Crippen molar-refractivity contribution in [1.82, 2.24) is 0 Å². The summed E-state index contributed by atoms with van der Waals surface area (Å²) in [5.74, 6) is 2.04. The number of para-hydroxylation sites is 1. The highest BCUT2D eigenvalue weighted by molar-refractivity contribution is 7.20. The highest BCUT2D eigenvalue weighted by Gasteiger charge is 2.49. The number of benzene rings is 5. The molecule has 2 aliphatic rings. The molecule has 0 saturated carbocycles. The van der Waals surface area contributed by atoms with Gasteiger partial charge >= 0.3 is 0 Å². The summed E-state index contributed by atoms with van der Waals surface area (Å²) in [6.07, 6.45) is 0.967. The summed E-state index contributed by atoms with van der Waals surface area (Å²) in [5, 5.41) is 5.44. The Kier molecular flexibility index (Phi) is 3.99. The summed E-state index contributed by atoms with van der Waals surface area (Å²) in [6, 6.07) is 44.3. The minimum Gasteiger partial charge on any atom is -0.457 e. The van der Waals surface area contributed by atoms with Crippen molar-refractivity contribution in [3.05, 3.63) is 132 Å². The Morgan fingerprint density at radius 3 is 1.91 bits per heavy atom. The molecule has 7 rings (SSSR count). The highest BCUT2D eigenvalue weighted by atomic mass is 28.3. The molecule has 1 aliphatic heterocycles. The zero-order valence-electron chi connectivity index (χ0n) is 18.2. The van der Waals surface area contributed by atoms with Crippen LogP contribution >= 0.6 is 0 Å². The van der Waals surface area contributed by atoms with E-state index in [1.165, 1.54) is 43.0 Å². The van der Waals surface area contributed by atoms with Crippen molar-refractivity contribution >= 4 is 28.8 Å². The summed E-state index contributed by atoms with van der Waals surface area (Å²) >= 11 is 0. The number of fused-ring (bicyclic) bond motifs is 6. The normalized spacial score (nSPS) is 14.4. The maximum Gasteiger partial charge on any atom is 0.188 e. The van der Waals surface area contributed by atoms with Crippen LogP contribution in [0.15, 0.2) is 121 Å². The SMILES string of the molecule is c1ccc([Si]2(c3ccccc3)c3ccccc3Oc3c2ccc2c3-c3ccccc3C2)cc1. The van der Waals surface area contributed by atoms with Crippen LogP contribution in [0.4, 0.5) is 0 Å². The first-order chi connectivity index (χ1) is 16.4. The van der Waals surface area contributed by atoms with E-state index < -0.39 is 8.07 Å². The molecule has 0 radical (unpaired) electrons. The van der Waals surface area contributed by atoms with Gasteiger partial charge in [0.15, 0.2) is 8.07 Å². The molecular formula is C31H22OSi. The fraction of sp³-hybridized carbons (Fsp3) is 0.0323. The van der Waals surface area contributed by atoms with Gasteiger partial charge in [-0.25, -0.2) is 0 Å².